The summed E-state index contributed by atoms with van der Waals surface area (Å²) in [5.74, 6) is -0.349. The fourth-order valence-corrected chi connectivity index (χ4v) is 9.06. The van der Waals surface area contributed by atoms with Gasteiger partial charge in [0.1, 0.15) is 18.3 Å². The molecule has 0 amide bonds. The predicted molar refractivity (Wildman–Crippen MR) is 136 cm³/mol. The molecule has 1 aliphatic heterocycles. The number of hydrogen-bond donors (Lipinski definition) is 6. The third-order valence-electron chi connectivity index (χ3n) is 8.91. The minimum absolute atomic E-state index is 0.0536. The Morgan fingerprint density at radius 3 is 2.53 bits per heavy atom. The average Bonchev–Trinajstić information content (AvgIpc) is 3.44. The second-order valence-corrected chi connectivity index (χ2v) is 15.6. The summed E-state index contributed by atoms with van der Waals surface area (Å²) >= 11 is 6.26. The number of rotatable bonds is 8. The summed E-state index contributed by atoms with van der Waals surface area (Å²) in [5, 5.41) is 24.6. The van der Waals surface area contributed by atoms with Crippen LogP contribution in [0.5, 0.6) is 0 Å². The summed E-state index contributed by atoms with van der Waals surface area (Å²) < 4.78 is 34.9. The van der Waals surface area contributed by atoms with Gasteiger partial charge in [-0.2, -0.15) is 9.97 Å². The van der Waals surface area contributed by atoms with Gasteiger partial charge in [-0.25, -0.2) is 4.98 Å². The van der Waals surface area contributed by atoms with Crippen molar-refractivity contribution in [3.8, 4) is 0 Å². The molecule has 3 unspecified atom stereocenters. The molecule has 38 heavy (non-hydrogen) atoms. The van der Waals surface area contributed by atoms with Crippen LogP contribution in [-0.2, 0) is 18.4 Å². The van der Waals surface area contributed by atoms with Crippen LogP contribution >= 0.6 is 26.8 Å². The summed E-state index contributed by atoms with van der Waals surface area (Å²) in [7, 11) is -9.51. The Morgan fingerprint density at radius 2 is 1.92 bits per heavy atom. The summed E-state index contributed by atoms with van der Waals surface area (Å²) in [6.07, 6.45) is -0.903. The number of fused-ring (bicyclic) bond motifs is 3. The topological polar surface area (TPSA) is 209 Å². The maximum absolute atomic E-state index is 12.0. The standard InChI is InChI=1S/C21H32ClN5O9P2/c1-20(2)10-4-5-21(20,3)12(6-10)24-16-13-17(26-19(22)25-16)27(8-23-13)18-15(29)14(28)11(36-18)7-35-38(33,34)9-37(30,31)32/h8,10-12,14-15,18,28-29H,4-7,9H2,1-3H3,(H,33,34)(H,24,25,26)(H2,30,31,32)/t10-,11-,12?,14+,15?,18-,21+/m1/s1. The highest BCUT2D eigenvalue weighted by Crippen LogP contribution is 2.66. The van der Waals surface area contributed by atoms with Crippen molar-refractivity contribution < 1.29 is 43.3 Å². The number of nitrogens with one attached hydrogen (secondary N) is 1. The van der Waals surface area contributed by atoms with E-state index >= 15 is 0 Å². The number of halogens is 1. The second-order valence-electron chi connectivity index (χ2n) is 11.3. The Labute approximate surface area is 223 Å². The highest BCUT2D eigenvalue weighted by molar-refractivity contribution is 7.70. The maximum atomic E-state index is 12.0. The van der Waals surface area contributed by atoms with Gasteiger partial charge in [-0.05, 0) is 47.6 Å². The monoisotopic (exact) mass is 595 g/mol. The number of aromatic nitrogens is 4. The molecule has 3 fully saturated rings. The quantitative estimate of drug-likeness (QED) is 0.191. The van der Waals surface area contributed by atoms with E-state index in [2.05, 4.69) is 41.0 Å². The molecule has 0 radical (unpaired) electrons. The third-order valence-corrected chi connectivity index (χ3v) is 12.5. The van der Waals surface area contributed by atoms with Crippen LogP contribution < -0.4 is 5.32 Å². The van der Waals surface area contributed by atoms with Crippen LogP contribution in [0.4, 0.5) is 5.82 Å². The second kappa shape index (κ2) is 9.44. The van der Waals surface area contributed by atoms with Gasteiger partial charge in [0.15, 0.2) is 29.1 Å². The van der Waals surface area contributed by atoms with Gasteiger partial charge in [0, 0.05) is 6.04 Å². The van der Waals surface area contributed by atoms with E-state index in [4.69, 9.17) is 30.6 Å². The lowest BCUT2D eigenvalue weighted by Gasteiger charge is -2.39. The molecule has 5 rings (SSSR count). The summed E-state index contributed by atoms with van der Waals surface area (Å²) in [6.45, 7) is 6.19. The van der Waals surface area contributed by atoms with Gasteiger partial charge in [-0.3, -0.25) is 13.7 Å². The van der Waals surface area contributed by atoms with Crippen molar-refractivity contribution in [2.75, 3.05) is 17.8 Å². The van der Waals surface area contributed by atoms with Gasteiger partial charge in [0.25, 0.3) is 0 Å². The number of aliphatic hydroxyl groups excluding tert-OH is 2. The maximum Gasteiger partial charge on any atom is 0.340 e. The minimum atomic E-state index is -4.83. The Bertz CT molecular complexity index is 1340. The summed E-state index contributed by atoms with van der Waals surface area (Å²) in [6, 6.07) is 0.148. The number of aliphatic hydroxyl groups is 2. The lowest BCUT2D eigenvalue weighted by atomic mass is 9.69. The highest BCUT2D eigenvalue weighted by Gasteiger charge is 2.61. The molecule has 0 aromatic carbocycles. The zero-order chi connectivity index (χ0) is 27.8. The van der Waals surface area contributed by atoms with E-state index in [1.807, 2.05) is 0 Å². The molecule has 2 bridgehead atoms. The average molecular weight is 596 g/mol. The van der Waals surface area contributed by atoms with Crippen LogP contribution in [0.15, 0.2) is 6.33 Å². The van der Waals surface area contributed by atoms with E-state index in [1.54, 1.807) is 0 Å². The zero-order valence-corrected chi connectivity index (χ0v) is 23.6. The molecular weight excluding hydrogens is 564 g/mol. The first-order chi connectivity index (χ1) is 17.5. The van der Waals surface area contributed by atoms with Crippen LogP contribution in [-0.4, -0.2) is 81.3 Å². The molecule has 3 heterocycles. The fraction of sp³-hybridized carbons (Fsp3) is 0.762. The minimum Gasteiger partial charge on any atom is -0.387 e. The Hall–Kier alpha value is -1.18. The number of hydrogen-bond acceptors (Lipinski definition) is 10. The first kappa shape index (κ1) is 28.4. The molecule has 8 atom stereocenters. The van der Waals surface area contributed by atoms with Crippen molar-refractivity contribution in [1.82, 2.24) is 19.5 Å². The molecule has 0 spiro atoms. The van der Waals surface area contributed by atoms with Crippen molar-refractivity contribution >= 4 is 43.8 Å². The van der Waals surface area contributed by atoms with Gasteiger partial charge in [-0.15, -0.1) is 0 Å². The third kappa shape index (κ3) is 4.83. The molecule has 2 aliphatic carbocycles. The Balaban J connectivity index is 1.37. The number of nitrogens with zero attached hydrogens (tertiary/aromatic N) is 4. The smallest absolute Gasteiger partial charge is 0.340 e. The van der Waals surface area contributed by atoms with Crippen molar-refractivity contribution in [2.45, 2.75) is 70.6 Å². The van der Waals surface area contributed by atoms with Crippen LogP contribution in [0, 0.1) is 16.7 Å². The molecule has 2 aromatic heterocycles. The first-order valence-corrected chi connectivity index (χ1v) is 16.2. The molecular formula is C21H32ClN5O9P2. The molecule has 17 heteroatoms. The van der Waals surface area contributed by atoms with Crippen LogP contribution in [0.3, 0.4) is 0 Å². The largest absolute Gasteiger partial charge is 0.387 e. The predicted octanol–water partition coefficient (Wildman–Crippen LogP) is 2.06. The number of imidazole rings is 1. The summed E-state index contributed by atoms with van der Waals surface area (Å²) in [4.78, 5) is 40.7. The number of anilines is 1. The SMILES string of the molecule is CC1(C)[C@@H]2CC[C@@]1(C)C(Nc1nc(Cl)nc3c1ncn3[C@@H]1O[C@H](COP(=O)(O)CP(=O)(O)O)[C@H](O)C1O)C2. The van der Waals surface area contributed by atoms with Gasteiger partial charge in [0.2, 0.25) is 5.28 Å². The first-order valence-electron chi connectivity index (χ1n) is 12.2. The Kier molecular flexibility index (Phi) is 7.04. The van der Waals surface area contributed by atoms with E-state index in [1.165, 1.54) is 17.3 Å². The normalized spacial score (nSPS) is 36.1. The fourth-order valence-electron chi connectivity index (χ4n) is 6.32. The van der Waals surface area contributed by atoms with E-state index in [0.717, 1.165) is 12.8 Å². The number of ether oxygens (including phenoxy) is 1. The van der Waals surface area contributed by atoms with Crippen LogP contribution in [0.25, 0.3) is 11.2 Å². The molecule has 2 saturated carbocycles. The van der Waals surface area contributed by atoms with Gasteiger partial charge >= 0.3 is 15.2 Å². The lowest BCUT2D eigenvalue weighted by molar-refractivity contribution is -0.0483. The van der Waals surface area contributed by atoms with Crippen LogP contribution in [0.1, 0.15) is 46.3 Å². The molecule has 1 saturated heterocycles. The van der Waals surface area contributed by atoms with Crippen molar-refractivity contribution in [2.24, 2.45) is 16.7 Å². The van der Waals surface area contributed by atoms with Gasteiger partial charge in [0.05, 0.1) is 12.9 Å². The molecule has 14 nitrogen and oxygen atoms in total. The van der Waals surface area contributed by atoms with E-state index in [9.17, 15) is 24.2 Å². The van der Waals surface area contributed by atoms with Gasteiger partial charge < -0.3 is 39.5 Å². The Morgan fingerprint density at radius 1 is 1.21 bits per heavy atom. The van der Waals surface area contributed by atoms with Gasteiger partial charge in [-0.1, -0.05) is 20.8 Å². The molecule has 6 N–H and O–H groups in total. The molecule has 2 aromatic rings. The van der Waals surface area contributed by atoms with Crippen molar-refractivity contribution in [3.63, 3.8) is 0 Å². The molecule has 212 valence electrons. The van der Waals surface area contributed by atoms with Crippen molar-refractivity contribution in [3.05, 3.63) is 11.6 Å². The van der Waals surface area contributed by atoms with Crippen molar-refractivity contribution in [1.29, 1.82) is 0 Å². The van der Waals surface area contributed by atoms with E-state index < -0.39 is 52.2 Å². The summed E-state index contributed by atoms with van der Waals surface area (Å²) in [5.41, 5.74) is 0.855. The zero-order valence-electron chi connectivity index (χ0n) is 21.0. The lowest BCUT2D eigenvalue weighted by Crippen LogP contribution is -2.40. The van der Waals surface area contributed by atoms with Crippen LogP contribution in [0.2, 0.25) is 5.28 Å². The molecule has 3 aliphatic rings. The van der Waals surface area contributed by atoms with E-state index in [0.29, 0.717) is 17.3 Å². The highest BCUT2D eigenvalue weighted by atomic mass is 35.5. The van der Waals surface area contributed by atoms with E-state index in [-0.39, 0.29) is 27.8 Å².